The van der Waals surface area contributed by atoms with Crippen LogP contribution < -0.4 is 10.9 Å². The third kappa shape index (κ3) is 3.91. The van der Waals surface area contributed by atoms with Gasteiger partial charge in [0.1, 0.15) is 17.2 Å². The van der Waals surface area contributed by atoms with Crippen molar-refractivity contribution in [3.05, 3.63) is 70.3 Å². The molecule has 0 unspecified atom stereocenters. The number of hydrogen-bond acceptors (Lipinski definition) is 5. The number of nitrogens with zero attached hydrogens (tertiary/aromatic N) is 3. The van der Waals surface area contributed by atoms with Gasteiger partial charge in [-0.15, -0.1) is 0 Å². The first-order valence-electron chi connectivity index (χ1n) is 9.23. The molecule has 0 spiro atoms. The summed E-state index contributed by atoms with van der Waals surface area (Å²) in [6.45, 7) is 1.70. The van der Waals surface area contributed by atoms with Crippen LogP contribution in [0, 0.1) is 17.7 Å². The topological polar surface area (TPSA) is 76.9 Å². The summed E-state index contributed by atoms with van der Waals surface area (Å²) in [7, 11) is 0. The Morgan fingerprint density at radius 1 is 1.21 bits per heavy atom. The van der Waals surface area contributed by atoms with E-state index in [4.69, 9.17) is 0 Å². The van der Waals surface area contributed by atoms with E-state index >= 15 is 0 Å². The number of anilines is 2. The fourth-order valence-electron chi connectivity index (χ4n) is 3.12. The number of carbonyl (C=O) groups is 1. The lowest BCUT2D eigenvalue weighted by Gasteiger charge is -2.16. The van der Waals surface area contributed by atoms with Crippen molar-refractivity contribution in [2.45, 2.75) is 26.3 Å². The molecule has 0 saturated heterocycles. The second-order valence-electron chi connectivity index (χ2n) is 7.06. The van der Waals surface area contributed by atoms with Crippen LogP contribution in [0.25, 0.3) is 11.3 Å². The van der Waals surface area contributed by atoms with Crippen LogP contribution in [0.1, 0.15) is 30.1 Å². The van der Waals surface area contributed by atoms with Gasteiger partial charge in [0.05, 0.1) is 11.3 Å². The fourth-order valence-corrected chi connectivity index (χ4v) is 3.12. The van der Waals surface area contributed by atoms with Gasteiger partial charge >= 0.3 is 0 Å². The molecule has 1 fully saturated rings. The molecule has 6 nitrogen and oxygen atoms in total. The number of Topliss-reactive ketones (excluding diaryl/α,β-unsaturated/α-hetero) is 1. The number of halogens is 2. The zero-order chi connectivity index (χ0) is 20.5. The van der Waals surface area contributed by atoms with Gasteiger partial charge in [0.25, 0.3) is 5.56 Å². The summed E-state index contributed by atoms with van der Waals surface area (Å²) in [6.07, 6.45) is 3.27. The Kier molecular flexibility index (Phi) is 4.92. The highest BCUT2D eigenvalue weighted by molar-refractivity contribution is 6.05. The van der Waals surface area contributed by atoms with Crippen LogP contribution >= 0.6 is 0 Å². The van der Waals surface area contributed by atoms with Gasteiger partial charge in [-0.3, -0.25) is 9.59 Å². The van der Waals surface area contributed by atoms with Gasteiger partial charge in [0.15, 0.2) is 5.78 Å². The van der Waals surface area contributed by atoms with Crippen molar-refractivity contribution in [1.29, 1.82) is 0 Å². The van der Waals surface area contributed by atoms with Crippen molar-refractivity contribution in [1.82, 2.24) is 14.8 Å². The van der Waals surface area contributed by atoms with Crippen LogP contribution in [-0.4, -0.2) is 20.5 Å². The number of ketones is 1. The SMILES string of the molecule is CC(=O)c1c(-c2ccc(F)cc2)nn(CC2CC2)c(=O)c1Nc1cccnc1F. The molecule has 1 N–H and O–H groups in total. The second-order valence-corrected chi connectivity index (χ2v) is 7.06. The third-order valence-electron chi connectivity index (χ3n) is 4.77. The lowest BCUT2D eigenvalue weighted by Crippen LogP contribution is -2.29. The second kappa shape index (κ2) is 7.54. The fraction of sp³-hybridized carbons (Fsp3) is 0.238. The molecule has 29 heavy (non-hydrogen) atoms. The van der Waals surface area contributed by atoms with Crippen molar-refractivity contribution < 1.29 is 13.6 Å². The average molecular weight is 396 g/mol. The van der Waals surface area contributed by atoms with Crippen LogP contribution in [0.3, 0.4) is 0 Å². The first kappa shape index (κ1) is 18.9. The number of hydrogen-bond donors (Lipinski definition) is 1. The van der Waals surface area contributed by atoms with Crippen molar-refractivity contribution in [3.8, 4) is 11.3 Å². The maximum atomic E-state index is 14.1. The molecule has 3 aromatic rings. The standard InChI is InChI=1S/C21H18F2N4O2/c1-12(28)17-18(14-6-8-15(22)9-7-14)26-27(11-13-4-5-13)21(29)19(17)25-16-3-2-10-24-20(16)23/h2-3,6-10,13,25H,4-5,11H2,1H3. The predicted molar refractivity (Wildman–Crippen MR) is 104 cm³/mol. The van der Waals surface area contributed by atoms with E-state index in [0.717, 1.165) is 12.8 Å². The Morgan fingerprint density at radius 3 is 2.55 bits per heavy atom. The molecule has 8 heteroatoms. The Bertz CT molecular complexity index is 1140. The Balaban J connectivity index is 1.94. The molecule has 0 bridgehead atoms. The number of pyridine rings is 1. The highest BCUT2D eigenvalue weighted by atomic mass is 19.1. The minimum Gasteiger partial charge on any atom is -0.347 e. The van der Waals surface area contributed by atoms with Crippen LogP contribution in [0.15, 0.2) is 47.4 Å². The minimum absolute atomic E-state index is 0.0249. The van der Waals surface area contributed by atoms with Crippen LogP contribution in [0.2, 0.25) is 0 Å². The third-order valence-corrected chi connectivity index (χ3v) is 4.77. The summed E-state index contributed by atoms with van der Waals surface area (Å²) in [5.41, 5.74) is 0.134. The molecule has 1 aromatic carbocycles. The van der Waals surface area contributed by atoms with E-state index in [1.807, 2.05) is 0 Å². The van der Waals surface area contributed by atoms with Crippen molar-refractivity contribution in [2.75, 3.05) is 5.32 Å². The van der Waals surface area contributed by atoms with E-state index in [-0.39, 0.29) is 22.6 Å². The molecule has 2 heterocycles. The van der Waals surface area contributed by atoms with Crippen molar-refractivity contribution >= 4 is 17.2 Å². The lowest BCUT2D eigenvalue weighted by atomic mass is 10.0. The molecule has 0 radical (unpaired) electrons. The Morgan fingerprint density at radius 2 is 1.93 bits per heavy atom. The molecule has 0 aliphatic heterocycles. The highest BCUT2D eigenvalue weighted by Crippen LogP contribution is 2.32. The lowest BCUT2D eigenvalue weighted by molar-refractivity contribution is 0.101. The smallest absolute Gasteiger partial charge is 0.291 e. The molecule has 1 saturated carbocycles. The monoisotopic (exact) mass is 396 g/mol. The molecule has 148 valence electrons. The van der Waals surface area contributed by atoms with E-state index in [1.165, 1.54) is 54.2 Å². The van der Waals surface area contributed by atoms with Crippen LogP contribution in [0.4, 0.5) is 20.2 Å². The number of benzene rings is 1. The summed E-state index contributed by atoms with van der Waals surface area (Å²) >= 11 is 0. The van der Waals surface area contributed by atoms with Gasteiger partial charge in [0.2, 0.25) is 5.95 Å². The number of aromatic nitrogens is 3. The molecule has 0 atom stereocenters. The van der Waals surface area contributed by atoms with E-state index < -0.39 is 23.1 Å². The van der Waals surface area contributed by atoms with Crippen LogP contribution in [0.5, 0.6) is 0 Å². The summed E-state index contributed by atoms with van der Waals surface area (Å²) in [5, 5.41) is 7.15. The van der Waals surface area contributed by atoms with Gasteiger partial charge in [0, 0.05) is 18.3 Å². The predicted octanol–water partition coefficient (Wildman–Crippen LogP) is 3.94. The molecular weight excluding hydrogens is 378 g/mol. The summed E-state index contributed by atoms with van der Waals surface area (Å²) in [6, 6.07) is 8.43. The Labute approximate surface area is 165 Å². The normalized spacial score (nSPS) is 13.3. The zero-order valence-electron chi connectivity index (χ0n) is 15.7. The van der Waals surface area contributed by atoms with Crippen molar-refractivity contribution in [2.24, 2.45) is 5.92 Å². The van der Waals surface area contributed by atoms with Crippen LogP contribution in [-0.2, 0) is 6.54 Å². The van der Waals surface area contributed by atoms with Gasteiger partial charge in [-0.2, -0.15) is 9.49 Å². The quantitative estimate of drug-likeness (QED) is 0.505. The van der Waals surface area contributed by atoms with Gasteiger partial charge in [-0.25, -0.2) is 14.1 Å². The van der Waals surface area contributed by atoms with E-state index in [2.05, 4.69) is 15.4 Å². The maximum absolute atomic E-state index is 14.1. The van der Waals surface area contributed by atoms with E-state index in [1.54, 1.807) is 0 Å². The average Bonchev–Trinajstić information content (AvgIpc) is 3.51. The molecule has 1 aliphatic rings. The van der Waals surface area contributed by atoms with E-state index in [0.29, 0.717) is 18.0 Å². The van der Waals surface area contributed by atoms with Gasteiger partial charge < -0.3 is 5.32 Å². The number of carbonyl (C=O) groups excluding carboxylic acids is 1. The van der Waals surface area contributed by atoms with Gasteiger partial charge in [-0.1, -0.05) is 0 Å². The minimum atomic E-state index is -0.796. The van der Waals surface area contributed by atoms with Gasteiger partial charge in [-0.05, 0) is 62.1 Å². The maximum Gasteiger partial charge on any atom is 0.291 e. The highest BCUT2D eigenvalue weighted by Gasteiger charge is 2.27. The molecule has 4 rings (SSSR count). The van der Waals surface area contributed by atoms with E-state index in [9.17, 15) is 18.4 Å². The molecular formula is C21H18F2N4O2. The summed E-state index contributed by atoms with van der Waals surface area (Å²) in [5.74, 6) is -1.30. The zero-order valence-corrected chi connectivity index (χ0v) is 15.7. The first-order valence-corrected chi connectivity index (χ1v) is 9.23. The molecule has 1 aliphatic carbocycles. The summed E-state index contributed by atoms with van der Waals surface area (Å²) in [4.78, 5) is 29.2. The Hall–Kier alpha value is -3.42. The molecule has 2 aromatic heterocycles. The first-order chi connectivity index (χ1) is 13.9. The largest absolute Gasteiger partial charge is 0.347 e. The molecule has 0 amide bonds. The number of rotatable bonds is 6. The summed E-state index contributed by atoms with van der Waals surface area (Å²) < 4.78 is 28.8. The van der Waals surface area contributed by atoms with Crippen molar-refractivity contribution in [3.63, 3.8) is 0 Å². The number of nitrogens with one attached hydrogen (secondary N) is 1.